The van der Waals surface area contributed by atoms with Crippen LogP contribution in [0.3, 0.4) is 0 Å². The summed E-state index contributed by atoms with van der Waals surface area (Å²) in [5, 5.41) is 9.33. The smallest absolute Gasteiger partial charge is 0.103 e. The molecule has 0 saturated carbocycles. The van der Waals surface area contributed by atoms with Crippen LogP contribution in [0.5, 0.6) is 0 Å². The van der Waals surface area contributed by atoms with E-state index in [0.29, 0.717) is 0 Å². The van der Waals surface area contributed by atoms with Crippen LogP contribution in [-0.2, 0) is 0 Å². The molecule has 1 aromatic rings. The summed E-state index contributed by atoms with van der Waals surface area (Å²) in [6.45, 7) is 10.4. The fourth-order valence-corrected chi connectivity index (χ4v) is 3.53. The SMILES string of the molecule is Cc1cc(N2CCSC(C)(C)C2)c(C#N)c(C)n1. The Balaban J connectivity index is 2.42. The highest BCUT2D eigenvalue weighted by Gasteiger charge is 2.28. The normalized spacial score (nSPS) is 18.5. The second-order valence-corrected chi connectivity index (χ2v) is 7.19. The largest absolute Gasteiger partial charge is 0.368 e. The van der Waals surface area contributed by atoms with Crippen molar-refractivity contribution >= 4 is 17.4 Å². The average molecular weight is 261 g/mol. The average Bonchev–Trinajstić information content (AvgIpc) is 2.26. The Morgan fingerprint density at radius 2 is 2.17 bits per heavy atom. The van der Waals surface area contributed by atoms with Crippen LogP contribution in [-0.4, -0.2) is 28.6 Å². The van der Waals surface area contributed by atoms with Crippen molar-refractivity contribution in [3.8, 4) is 6.07 Å². The molecule has 1 saturated heterocycles. The fourth-order valence-electron chi connectivity index (χ4n) is 2.42. The second kappa shape index (κ2) is 4.81. The highest BCUT2D eigenvalue weighted by Crippen LogP contribution is 2.34. The summed E-state index contributed by atoms with van der Waals surface area (Å²) in [5.41, 5.74) is 3.60. The van der Waals surface area contributed by atoms with E-state index in [-0.39, 0.29) is 4.75 Å². The molecule has 0 unspecified atom stereocenters. The van der Waals surface area contributed by atoms with Gasteiger partial charge in [-0.2, -0.15) is 17.0 Å². The third-order valence-electron chi connectivity index (χ3n) is 3.19. The predicted molar refractivity (Wildman–Crippen MR) is 77.2 cm³/mol. The molecule has 1 aromatic heterocycles. The van der Waals surface area contributed by atoms with Crippen molar-refractivity contribution in [3.63, 3.8) is 0 Å². The van der Waals surface area contributed by atoms with Crippen molar-refractivity contribution in [2.24, 2.45) is 0 Å². The standard InChI is InChI=1S/C14H19N3S/c1-10-7-13(12(8-15)11(2)16-10)17-5-6-18-14(3,4)9-17/h7H,5-6,9H2,1-4H3. The molecule has 4 heteroatoms. The first-order valence-corrected chi connectivity index (χ1v) is 7.19. The molecule has 0 aromatic carbocycles. The maximum Gasteiger partial charge on any atom is 0.103 e. The number of hydrogen-bond acceptors (Lipinski definition) is 4. The molecule has 0 amide bonds. The van der Waals surface area contributed by atoms with Crippen LogP contribution >= 0.6 is 11.8 Å². The lowest BCUT2D eigenvalue weighted by atomic mass is 10.1. The summed E-state index contributed by atoms with van der Waals surface area (Å²) in [5.74, 6) is 1.11. The third-order valence-corrected chi connectivity index (χ3v) is 4.48. The monoisotopic (exact) mass is 261 g/mol. The van der Waals surface area contributed by atoms with Crippen LogP contribution in [0, 0.1) is 25.2 Å². The van der Waals surface area contributed by atoms with Crippen LogP contribution in [0.25, 0.3) is 0 Å². The fraction of sp³-hybridized carbons (Fsp3) is 0.571. The van der Waals surface area contributed by atoms with Gasteiger partial charge in [-0.25, -0.2) is 0 Å². The quantitative estimate of drug-likeness (QED) is 0.779. The summed E-state index contributed by atoms with van der Waals surface area (Å²) in [7, 11) is 0. The van der Waals surface area contributed by atoms with Crippen LogP contribution in [0.15, 0.2) is 6.07 Å². The minimum absolute atomic E-state index is 0.246. The van der Waals surface area contributed by atoms with E-state index in [1.807, 2.05) is 31.7 Å². The second-order valence-electron chi connectivity index (χ2n) is 5.38. The molecule has 96 valence electrons. The lowest BCUT2D eigenvalue weighted by Gasteiger charge is -2.39. The summed E-state index contributed by atoms with van der Waals surface area (Å²) < 4.78 is 0.246. The van der Waals surface area contributed by atoms with Gasteiger partial charge < -0.3 is 4.90 Å². The Hall–Kier alpha value is -1.21. The first-order chi connectivity index (χ1) is 8.43. The van der Waals surface area contributed by atoms with Gasteiger partial charge in [0.1, 0.15) is 6.07 Å². The molecule has 0 spiro atoms. The zero-order valence-electron chi connectivity index (χ0n) is 11.4. The van der Waals surface area contributed by atoms with Crippen molar-refractivity contribution in [1.29, 1.82) is 5.26 Å². The predicted octanol–water partition coefficient (Wildman–Crippen LogP) is 2.90. The number of aryl methyl sites for hydroxylation is 2. The van der Waals surface area contributed by atoms with Gasteiger partial charge in [-0.1, -0.05) is 0 Å². The van der Waals surface area contributed by atoms with Crippen molar-refractivity contribution in [3.05, 3.63) is 23.0 Å². The van der Waals surface area contributed by atoms with Crippen molar-refractivity contribution < 1.29 is 0 Å². The van der Waals surface area contributed by atoms with Gasteiger partial charge in [-0.15, -0.1) is 0 Å². The van der Waals surface area contributed by atoms with Gasteiger partial charge in [0.15, 0.2) is 0 Å². The van der Waals surface area contributed by atoms with Gasteiger partial charge in [-0.3, -0.25) is 4.98 Å². The first-order valence-electron chi connectivity index (χ1n) is 6.20. The number of aromatic nitrogens is 1. The van der Waals surface area contributed by atoms with E-state index in [1.54, 1.807) is 0 Å². The van der Waals surface area contributed by atoms with Crippen molar-refractivity contribution in [2.75, 3.05) is 23.7 Å². The molecule has 1 aliphatic rings. The minimum Gasteiger partial charge on any atom is -0.368 e. The van der Waals surface area contributed by atoms with Crippen molar-refractivity contribution in [2.45, 2.75) is 32.4 Å². The molecule has 2 heterocycles. The molecule has 0 radical (unpaired) electrons. The molecule has 0 bridgehead atoms. The maximum absolute atomic E-state index is 9.33. The van der Waals surface area contributed by atoms with Gasteiger partial charge in [-0.05, 0) is 33.8 Å². The zero-order valence-corrected chi connectivity index (χ0v) is 12.3. The zero-order chi connectivity index (χ0) is 13.3. The Morgan fingerprint density at radius 3 is 2.78 bits per heavy atom. The number of hydrogen-bond donors (Lipinski definition) is 0. The van der Waals surface area contributed by atoms with E-state index in [2.05, 4.69) is 29.8 Å². The molecule has 0 atom stereocenters. The third kappa shape index (κ3) is 2.62. The molecular formula is C14H19N3S. The van der Waals surface area contributed by atoms with Crippen molar-refractivity contribution in [1.82, 2.24) is 4.98 Å². The number of nitriles is 1. The van der Waals surface area contributed by atoms with Gasteiger partial charge >= 0.3 is 0 Å². The van der Waals surface area contributed by atoms with E-state index in [1.165, 1.54) is 0 Å². The van der Waals surface area contributed by atoms with E-state index in [4.69, 9.17) is 0 Å². The molecule has 3 nitrogen and oxygen atoms in total. The molecular weight excluding hydrogens is 242 g/mol. The molecule has 0 N–H and O–H groups in total. The van der Waals surface area contributed by atoms with E-state index in [9.17, 15) is 5.26 Å². The Labute approximate surface area is 113 Å². The summed E-state index contributed by atoms with van der Waals surface area (Å²) in [4.78, 5) is 6.71. The lowest BCUT2D eigenvalue weighted by molar-refractivity contribution is 0.646. The Bertz CT molecular complexity index is 502. The topological polar surface area (TPSA) is 39.9 Å². The molecule has 2 rings (SSSR count). The summed E-state index contributed by atoms with van der Waals surface area (Å²) in [6.07, 6.45) is 0. The molecule has 1 aliphatic heterocycles. The summed E-state index contributed by atoms with van der Waals surface area (Å²) in [6, 6.07) is 4.34. The van der Waals surface area contributed by atoms with E-state index < -0.39 is 0 Å². The number of anilines is 1. The van der Waals surface area contributed by atoms with Gasteiger partial charge in [0.05, 0.1) is 16.9 Å². The number of pyridine rings is 1. The highest BCUT2D eigenvalue weighted by molar-refractivity contribution is 8.00. The lowest BCUT2D eigenvalue weighted by Crippen LogP contribution is -2.43. The Kier molecular flexibility index (Phi) is 3.54. The molecule has 1 fully saturated rings. The maximum atomic E-state index is 9.33. The van der Waals surface area contributed by atoms with Crippen LogP contribution < -0.4 is 4.90 Å². The van der Waals surface area contributed by atoms with Gasteiger partial charge in [0, 0.05) is 29.3 Å². The van der Waals surface area contributed by atoms with Crippen LogP contribution in [0.2, 0.25) is 0 Å². The van der Waals surface area contributed by atoms with Gasteiger partial charge in [0.2, 0.25) is 0 Å². The molecule has 0 aliphatic carbocycles. The minimum atomic E-state index is 0.246. The van der Waals surface area contributed by atoms with Crippen LogP contribution in [0.1, 0.15) is 30.8 Å². The number of rotatable bonds is 1. The van der Waals surface area contributed by atoms with Crippen LogP contribution in [0.4, 0.5) is 5.69 Å². The van der Waals surface area contributed by atoms with E-state index in [0.717, 1.165) is 41.5 Å². The van der Waals surface area contributed by atoms with E-state index >= 15 is 0 Å². The molecule has 18 heavy (non-hydrogen) atoms. The number of thioether (sulfide) groups is 1. The Morgan fingerprint density at radius 1 is 1.44 bits per heavy atom. The first kappa shape index (κ1) is 13.2. The van der Waals surface area contributed by atoms with Gasteiger partial charge in [0.25, 0.3) is 0 Å². The number of nitrogens with zero attached hydrogens (tertiary/aromatic N) is 3. The summed E-state index contributed by atoms with van der Waals surface area (Å²) >= 11 is 2.00. The highest BCUT2D eigenvalue weighted by atomic mass is 32.2.